The van der Waals surface area contributed by atoms with Crippen molar-refractivity contribution in [2.24, 2.45) is 0 Å². The molecule has 2 heterocycles. The number of hydrogen-bond acceptors (Lipinski definition) is 4. The van der Waals surface area contributed by atoms with Gasteiger partial charge in [-0.15, -0.1) is 22.9 Å². The monoisotopic (exact) mass is 370 g/mol. The molecule has 0 saturated heterocycles. The van der Waals surface area contributed by atoms with Gasteiger partial charge in [-0.05, 0) is 32.9 Å². The molecular formula is C10H9BrCl2N2S2. The van der Waals surface area contributed by atoms with Crippen molar-refractivity contribution < 1.29 is 0 Å². The molecule has 0 atom stereocenters. The molecule has 2 nitrogen and oxygen atoms in total. The summed E-state index contributed by atoms with van der Waals surface area (Å²) in [6.07, 6.45) is 0. The maximum absolute atomic E-state index is 5.98. The van der Waals surface area contributed by atoms with Gasteiger partial charge in [-0.3, -0.25) is 0 Å². The molecule has 2 aromatic heterocycles. The molecule has 0 aliphatic rings. The summed E-state index contributed by atoms with van der Waals surface area (Å²) in [6.45, 7) is 0.813. The van der Waals surface area contributed by atoms with Crippen LogP contribution in [0.4, 0.5) is 5.13 Å². The number of anilines is 1. The third-order valence-corrected chi connectivity index (χ3v) is 5.70. The van der Waals surface area contributed by atoms with Gasteiger partial charge in [0.15, 0.2) is 5.13 Å². The lowest BCUT2D eigenvalue weighted by molar-refractivity contribution is 0.918. The minimum atomic E-state index is 0.411. The summed E-state index contributed by atoms with van der Waals surface area (Å²) >= 11 is 18.4. The Bertz CT molecular complexity index is 512. The molecule has 0 saturated carbocycles. The summed E-state index contributed by atoms with van der Waals surface area (Å²) in [5.41, 5.74) is 1.25. The van der Waals surface area contributed by atoms with Gasteiger partial charge in [-0.1, -0.05) is 22.9 Å². The molecule has 7 heteroatoms. The number of thiophene rings is 1. The maximum atomic E-state index is 5.98. The second-order valence-electron chi connectivity index (χ2n) is 3.46. The highest BCUT2D eigenvalue weighted by Gasteiger charge is 2.12. The van der Waals surface area contributed by atoms with Crippen LogP contribution < -0.4 is 4.90 Å². The van der Waals surface area contributed by atoms with E-state index in [9.17, 15) is 0 Å². The molecule has 0 radical (unpaired) electrons. The second-order valence-corrected chi connectivity index (χ2v) is 7.44. The van der Waals surface area contributed by atoms with Crippen molar-refractivity contribution in [3.05, 3.63) is 30.8 Å². The molecule has 0 N–H and O–H groups in total. The Morgan fingerprint density at radius 3 is 2.82 bits per heavy atom. The summed E-state index contributed by atoms with van der Waals surface area (Å²) in [6, 6.07) is 2.11. The second kappa shape index (κ2) is 5.89. The van der Waals surface area contributed by atoms with Crippen LogP contribution in [0.2, 0.25) is 5.15 Å². The highest BCUT2D eigenvalue weighted by Crippen LogP contribution is 2.31. The first kappa shape index (κ1) is 13.6. The third kappa shape index (κ3) is 3.35. The first-order chi connectivity index (χ1) is 8.10. The van der Waals surface area contributed by atoms with Gasteiger partial charge in [-0.2, -0.15) is 0 Å². The average molecular weight is 372 g/mol. The molecule has 0 aliphatic heterocycles. The molecule has 0 aliphatic carbocycles. The fourth-order valence-electron chi connectivity index (χ4n) is 1.34. The van der Waals surface area contributed by atoms with Crippen LogP contribution in [0, 0.1) is 0 Å². The number of thiazole rings is 1. The van der Waals surface area contributed by atoms with Crippen molar-refractivity contribution in [2.45, 2.75) is 12.4 Å². The van der Waals surface area contributed by atoms with E-state index < -0.39 is 0 Å². The normalized spacial score (nSPS) is 10.8. The Labute approximate surface area is 126 Å². The van der Waals surface area contributed by atoms with Crippen molar-refractivity contribution in [3.8, 4) is 0 Å². The van der Waals surface area contributed by atoms with Crippen LogP contribution >= 0.6 is 61.8 Å². The van der Waals surface area contributed by atoms with Crippen molar-refractivity contribution in [3.63, 3.8) is 0 Å². The van der Waals surface area contributed by atoms with Gasteiger partial charge < -0.3 is 4.90 Å². The van der Waals surface area contributed by atoms with Crippen LogP contribution in [-0.2, 0) is 12.4 Å². The zero-order chi connectivity index (χ0) is 12.4. The molecule has 2 rings (SSSR count). The van der Waals surface area contributed by atoms with E-state index in [1.54, 1.807) is 11.3 Å². The van der Waals surface area contributed by atoms with Gasteiger partial charge in [0.2, 0.25) is 0 Å². The molecular weight excluding hydrogens is 363 g/mol. The summed E-state index contributed by atoms with van der Waals surface area (Å²) in [5.74, 6) is 0.411. The molecule has 0 fully saturated rings. The molecule has 17 heavy (non-hydrogen) atoms. The number of rotatable bonds is 4. The highest BCUT2D eigenvalue weighted by atomic mass is 79.9. The predicted octanol–water partition coefficient (Wildman–Crippen LogP) is 5.00. The van der Waals surface area contributed by atoms with Crippen LogP contribution in [0.3, 0.4) is 0 Å². The van der Waals surface area contributed by atoms with Crippen LogP contribution in [0.25, 0.3) is 0 Å². The van der Waals surface area contributed by atoms with Crippen LogP contribution in [0.1, 0.15) is 10.4 Å². The minimum absolute atomic E-state index is 0.411. The standard InChI is InChI=1S/C10H9BrCl2N2S2/c1-15(4-6-2-8(11)16-5-6)10-14-9(13)7(3-12)17-10/h2,5H,3-4H2,1H3. The maximum Gasteiger partial charge on any atom is 0.187 e. The lowest BCUT2D eigenvalue weighted by atomic mass is 10.3. The number of halogens is 3. The summed E-state index contributed by atoms with van der Waals surface area (Å²) < 4.78 is 1.14. The zero-order valence-corrected chi connectivity index (χ0v) is 13.6. The van der Waals surface area contributed by atoms with E-state index in [1.165, 1.54) is 16.9 Å². The van der Waals surface area contributed by atoms with E-state index in [4.69, 9.17) is 23.2 Å². The molecule has 0 unspecified atom stereocenters. The molecule has 2 aromatic rings. The summed E-state index contributed by atoms with van der Waals surface area (Å²) in [4.78, 5) is 7.29. The lowest BCUT2D eigenvalue weighted by Gasteiger charge is -2.14. The quantitative estimate of drug-likeness (QED) is 0.703. The Balaban J connectivity index is 2.11. The Morgan fingerprint density at radius 1 is 1.53 bits per heavy atom. The number of alkyl halides is 1. The number of nitrogens with zero attached hydrogens (tertiary/aromatic N) is 2. The predicted molar refractivity (Wildman–Crippen MR) is 80.8 cm³/mol. The highest BCUT2D eigenvalue weighted by molar-refractivity contribution is 9.11. The smallest absolute Gasteiger partial charge is 0.187 e. The lowest BCUT2D eigenvalue weighted by Crippen LogP contribution is -2.15. The summed E-state index contributed by atoms with van der Waals surface area (Å²) in [5, 5.41) is 3.53. The average Bonchev–Trinajstić information content (AvgIpc) is 2.85. The van der Waals surface area contributed by atoms with E-state index >= 15 is 0 Å². The SMILES string of the molecule is CN(Cc1csc(Br)c1)c1nc(Cl)c(CCl)s1. The molecule has 0 spiro atoms. The van der Waals surface area contributed by atoms with Gasteiger partial charge in [-0.25, -0.2) is 4.98 Å². The zero-order valence-electron chi connectivity index (χ0n) is 8.91. The van der Waals surface area contributed by atoms with E-state index in [0.717, 1.165) is 20.3 Å². The van der Waals surface area contributed by atoms with Gasteiger partial charge in [0.05, 0.1) is 14.5 Å². The van der Waals surface area contributed by atoms with Gasteiger partial charge in [0.25, 0.3) is 0 Å². The fraction of sp³-hybridized carbons (Fsp3) is 0.300. The Morgan fingerprint density at radius 2 is 2.29 bits per heavy atom. The topological polar surface area (TPSA) is 16.1 Å². The summed E-state index contributed by atoms with van der Waals surface area (Å²) in [7, 11) is 2.00. The van der Waals surface area contributed by atoms with Crippen molar-refractivity contribution in [1.29, 1.82) is 0 Å². The first-order valence-electron chi connectivity index (χ1n) is 4.75. The molecule has 92 valence electrons. The third-order valence-electron chi connectivity index (χ3n) is 2.13. The minimum Gasteiger partial charge on any atom is -0.347 e. The van der Waals surface area contributed by atoms with Crippen molar-refractivity contribution in [1.82, 2.24) is 4.98 Å². The van der Waals surface area contributed by atoms with Gasteiger partial charge in [0.1, 0.15) is 5.15 Å². The van der Waals surface area contributed by atoms with E-state index in [2.05, 4.69) is 37.3 Å². The number of hydrogen-bond donors (Lipinski definition) is 0. The Kier molecular flexibility index (Phi) is 4.72. The van der Waals surface area contributed by atoms with Crippen LogP contribution in [0.15, 0.2) is 15.2 Å². The first-order valence-corrected chi connectivity index (χ1v) is 8.15. The van der Waals surface area contributed by atoms with E-state index in [0.29, 0.717) is 11.0 Å². The van der Waals surface area contributed by atoms with Crippen molar-refractivity contribution in [2.75, 3.05) is 11.9 Å². The number of aromatic nitrogens is 1. The van der Waals surface area contributed by atoms with Crippen LogP contribution in [-0.4, -0.2) is 12.0 Å². The molecule has 0 amide bonds. The molecule has 0 aromatic carbocycles. The Hall–Kier alpha value is 0.190. The van der Waals surface area contributed by atoms with Crippen molar-refractivity contribution >= 4 is 66.9 Å². The molecule has 0 bridgehead atoms. The fourth-order valence-corrected chi connectivity index (χ4v) is 3.97. The van der Waals surface area contributed by atoms with E-state index in [-0.39, 0.29) is 0 Å². The largest absolute Gasteiger partial charge is 0.347 e. The van der Waals surface area contributed by atoms with Gasteiger partial charge >= 0.3 is 0 Å². The van der Waals surface area contributed by atoms with E-state index in [1.807, 2.05) is 7.05 Å². The van der Waals surface area contributed by atoms with Gasteiger partial charge in [0, 0.05) is 13.6 Å². The van der Waals surface area contributed by atoms with Crippen LogP contribution in [0.5, 0.6) is 0 Å².